The first-order valence-corrected chi connectivity index (χ1v) is 13.5. The van der Waals surface area contributed by atoms with Crippen molar-refractivity contribution in [1.29, 1.82) is 0 Å². The summed E-state index contributed by atoms with van der Waals surface area (Å²) < 4.78 is 29.3. The Morgan fingerprint density at radius 2 is 1.81 bits per heavy atom. The Bertz CT molecular complexity index is 1200. The van der Waals surface area contributed by atoms with Crippen LogP contribution in [-0.2, 0) is 24.2 Å². The van der Waals surface area contributed by atoms with Gasteiger partial charge in [-0.25, -0.2) is 8.78 Å². The van der Waals surface area contributed by atoms with Crippen molar-refractivity contribution < 1.29 is 18.4 Å². The Morgan fingerprint density at radius 1 is 1.03 bits per heavy atom. The van der Waals surface area contributed by atoms with Gasteiger partial charge in [0, 0.05) is 24.2 Å². The van der Waals surface area contributed by atoms with E-state index in [9.17, 15) is 13.6 Å². The van der Waals surface area contributed by atoms with Gasteiger partial charge >= 0.3 is 0 Å². The maximum absolute atomic E-state index is 13.7. The number of carbonyl (C=O) groups excluding carboxylic acids is 1. The topological polar surface area (TPSA) is 43.6 Å². The summed E-state index contributed by atoms with van der Waals surface area (Å²) in [6, 6.07) is 16.1. The third-order valence-electron chi connectivity index (χ3n) is 7.15. The molecule has 1 aliphatic rings. The van der Waals surface area contributed by atoms with E-state index in [-0.39, 0.29) is 12.2 Å². The highest BCUT2D eigenvalue weighted by Gasteiger charge is 2.28. The monoisotopic (exact) mass is 506 g/mol. The van der Waals surface area contributed by atoms with Gasteiger partial charge in [-0.1, -0.05) is 67.7 Å². The molecule has 3 aromatic rings. The van der Waals surface area contributed by atoms with Gasteiger partial charge in [0.25, 0.3) is 0 Å². The van der Waals surface area contributed by atoms with Gasteiger partial charge in [0.1, 0.15) is 6.61 Å². The fourth-order valence-corrected chi connectivity index (χ4v) is 5.13. The molecule has 2 aromatic carbocycles. The van der Waals surface area contributed by atoms with E-state index >= 15 is 0 Å². The van der Waals surface area contributed by atoms with Gasteiger partial charge in [-0.15, -0.1) is 0 Å². The first-order valence-electron chi connectivity index (χ1n) is 13.5. The third-order valence-corrected chi connectivity index (χ3v) is 7.15. The minimum Gasteiger partial charge on any atom is -0.396 e. The summed E-state index contributed by atoms with van der Waals surface area (Å²) in [5.74, 6) is -1.42. The summed E-state index contributed by atoms with van der Waals surface area (Å²) in [5.41, 5.74) is 4.52. The van der Waals surface area contributed by atoms with Crippen LogP contribution >= 0.6 is 0 Å². The number of Topliss-reactive ketones (excluding diaryl/α,β-unsaturated/α-hetero) is 1. The van der Waals surface area contributed by atoms with Crippen LogP contribution in [0.15, 0.2) is 59.8 Å². The van der Waals surface area contributed by atoms with Crippen LogP contribution in [0.5, 0.6) is 0 Å². The number of rotatable bonds is 13. The minimum absolute atomic E-state index is 0.0200. The molecule has 196 valence electrons. The molecule has 37 heavy (non-hydrogen) atoms. The fraction of sp³-hybridized carbons (Fsp3) is 0.419. The highest BCUT2D eigenvalue weighted by molar-refractivity contribution is 5.99. The number of nitrogens with zero attached hydrogens (tertiary/aromatic N) is 2. The van der Waals surface area contributed by atoms with E-state index in [1.165, 1.54) is 11.6 Å². The van der Waals surface area contributed by atoms with Gasteiger partial charge in [0.15, 0.2) is 17.4 Å². The molecular weight excluding hydrogens is 470 g/mol. The third kappa shape index (κ3) is 7.15. The largest absolute Gasteiger partial charge is 0.396 e. The molecule has 1 heterocycles. The van der Waals surface area contributed by atoms with Gasteiger partial charge < -0.3 is 9.40 Å². The van der Waals surface area contributed by atoms with Crippen LogP contribution in [-0.4, -0.2) is 23.2 Å². The molecule has 0 amide bonds. The molecule has 0 N–H and O–H groups in total. The van der Waals surface area contributed by atoms with Gasteiger partial charge in [-0.3, -0.25) is 4.79 Å². The van der Waals surface area contributed by atoms with Crippen molar-refractivity contribution in [3.8, 4) is 0 Å². The highest BCUT2D eigenvalue weighted by atomic mass is 19.2. The number of ketones is 1. The molecule has 4 nitrogen and oxygen atoms in total. The van der Waals surface area contributed by atoms with Crippen molar-refractivity contribution in [2.75, 3.05) is 6.61 Å². The average molecular weight is 507 g/mol. The lowest BCUT2D eigenvalue weighted by atomic mass is 9.95. The summed E-state index contributed by atoms with van der Waals surface area (Å²) in [7, 11) is 0. The molecule has 0 aliphatic heterocycles. The van der Waals surface area contributed by atoms with Gasteiger partial charge in [0.2, 0.25) is 0 Å². The van der Waals surface area contributed by atoms with E-state index < -0.39 is 11.6 Å². The number of benzene rings is 2. The standard InChI is InChI=1S/C31H36F2N2O2/c1-2-3-19-37-34-22-26-21-27(30(36)16-14-24-13-15-28(32)29(33)20-24)31(25-11-7-8-12-25)35(26)18-17-23-9-5-4-6-10-23/h4-6,9-10,13,15,20-22,25H,2-3,7-8,11-12,14,16-19H2,1H3/b34-22-. The van der Waals surface area contributed by atoms with Crippen LogP contribution in [0.2, 0.25) is 0 Å². The number of hydrogen-bond donors (Lipinski definition) is 0. The van der Waals surface area contributed by atoms with Gasteiger partial charge in [-0.2, -0.15) is 0 Å². The second-order valence-corrected chi connectivity index (χ2v) is 9.83. The van der Waals surface area contributed by atoms with Crippen LogP contribution in [0.3, 0.4) is 0 Å². The van der Waals surface area contributed by atoms with E-state index in [2.05, 4.69) is 28.8 Å². The number of unbranched alkanes of at least 4 members (excludes halogenated alkanes) is 1. The molecule has 4 rings (SSSR count). The predicted molar refractivity (Wildman–Crippen MR) is 143 cm³/mol. The van der Waals surface area contributed by atoms with Crippen LogP contribution in [0.1, 0.15) is 90.7 Å². The molecule has 0 radical (unpaired) electrons. The Balaban J connectivity index is 1.62. The number of aromatic nitrogens is 1. The predicted octanol–water partition coefficient (Wildman–Crippen LogP) is 7.63. The fourth-order valence-electron chi connectivity index (χ4n) is 5.13. The van der Waals surface area contributed by atoms with Gasteiger partial charge in [-0.05, 0) is 67.3 Å². The second-order valence-electron chi connectivity index (χ2n) is 9.83. The number of hydrogen-bond acceptors (Lipinski definition) is 3. The van der Waals surface area contributed by atoms with Crippen molar-refractivity contribution in [2.45, 2.75) is 77.2 Å². The van der Waals surface area contributed by atoms with Crippen LogP contribution in [0.4, 0.5) is 8.78 Å². The summed E-state index contributed by atoms with van der Waals surface area (Å²) in [4.78, 5) is 19.0. The lowest BCUT2D eigenvalue weighted by Crippen LogP contribution is -2.14. The number of aryl methyl sites for hydroxylation is 2. The molecule has 0 saturated heterocycles. The zero-order valence-corrected chi connectivity index (χ0v) is 21.6. The van der Waals surface area contributed by atoms with Crippen molar-refractivity contribution >= 4 is 12.0 Å². The molecule has 0 spiro atoms. The SMILES string of the molecule is CCCCO/N=C\c1cc(C(=O)CCc2ccc(F)c(F)c2)c(C2CCCC2)n1CCc1ccccc1. The molecule has 0 bridgehead atoms. The summed E-state index contributed by atoms with van der Waals surface area (Å²) >= 11 is 0. The Hall–Kier alpha value is -3.28. The smallest absolute Gasteiger partial charge is 0.165 e. The van der Waals surface area contributed by atoms with E-state index in [4.69, 9.17) is 4.84 Å². The summed E-state index contributed by atoms with van der Waals surface area (Å²) in [6.07, 6.45) is 9.56. The molecule has 6 heteroatoms. The Morgan fingerprint density at radius 3 is 2.54 bits per heavy atom. The molecule has 1 aromatic heterocycles. The van der Waals surface area contributed by atoms with Crippen molar-refractivity contribution in [2.24, 2.45) is 5.16 Å². The summed E-state index contributed by atoms with van der Waals surface area (Å²) in [5, 5.41) is 4.21. The number of halogens is 2. The van der Waals surface area contributed by atoms with Crippen molar-refractivity contribution in [3.63, 3.8) is 0 Å². The second kappa shape index (κ2) is 13.3. The van der Waals surface area contributed by atoms with Crippen LogP contribution < -0.4 is 0 Å². The van der Waals surface area contributed by atoms with Crippen LogP contribution in [0.25, 0.3) is 0 Å². The molecule has 0 atom stereocenters. The molecule has 0 unspecified atom stereocenters. The summed E-state index contributed by atoms with van der Waals surface area (Å²) in [6.45, 7) is 3.41. The van der Waals surface area contributed by atoms with E-state index in [0.717, 1.165) is 74.5 Å². The van der Waals surface area contributed by atoms with Gasteiger partial charge in [0.05, 0.1) is 11.9 Å². The minimum atomic E-state index is -0.884. The molecule has 1 saturated carbocycles. The zero-order valence-electron chi connectivity index (χ0n) is 21.6. The molecular formula is C31H36F2N2O2. The van der Waals surface area contributed by atoms with E-state index in [0.29, 0.717) is 24.5 Å². The van der Waals surface area contributed by atoms with E-state index in [1.54, 1.807) is 12.3 Å². The maximum Gasteiger partial charge on any atom is 0.165 e. The highest BCUT2D eigenvalue weighted by Crippen LogP contribution is 2.38. The van der Waals surface area contributed by atoms with E-state index in [1.807, 2.05) is 24.3 Å². The Kier molecular flexibility index (Phi) is 9.64. The van der Waals surface area contributed by atoms with Crippen LogP contribution in [0, 0.1) is 11.6 Å². The lowest BCUT2D eigenvalue weighted by Gasteiger charge is -2.18. The van der Waals surface area contributed by atoms with Crippen molar-refractivity contribution in [3.05, 3.63) is 94.3 Å². The Labute approximate surface area is 218 Å². The zero-order chi connectivity index (χ0) is 26.0. The molecule has 1 aliphatic carbocycles. The first-order chi connectivity index (χ1) is 18.1. The maximum atomic E-state index is 13.7. The number of oxime groups is 1. The normalized spacial score (nSPS) is 14.0. The first kappa shape index (κ1) is 26.8. The molecule has 1 fully saturated rings. The van der Waals surface area contributed by atoms with Crippen molar-refractivity contribution in [1.82, 2.24) is 4.57 Å². The average Bonchev–Trinajstić information content (AvgIpc) is 3.56. The quantitative estimate of drug-likeness (QED) is 0.104. The number of carbonyl (C=O) groups is 1. The lowest BCUT2D eigenvalue weighted by molar-refractivity contribution is 0.0981.